The summed E-state index contributed by atoms with van der Waals surface area (Å²) in [6.07, 6.45) is 1.04. The third kappa shape index (κ3) is 10.8. The zero-order valence-electron chi connectivity index (χ0n) is 3.86. The van der Waals surface area contributed by atoms with Crippen LogP contribution in [0.3, 0.4) is 0 Å². The molecule has 0 fully saturated rings. The number of rotatable bonds is 1. The number of hydrogen-bond donors (Lipinski definition) is 0. The van der Waals surface area contributed by atoms with Crippen molar-refractivity contribution in [3.8, 4) is 0 Å². The first kappa shape index (κ1) is 9.69. The zero-order chi connectivity index (χ0) is 4.99. The Hall–Kier alpha value is -0.530. The van der Waals surface area contributed by atoms with Crippen LogP contribution in [0.15, 0.2) is 12.1 Å². The minimum atomic E-state index is -0.308. The molecule has 0 atom stereocenters. The first-order valence-corrected chi connectivity index (χ1v) is 1.62. The second kappa shape index (κ2) is 5.47. The molecule has 0 amide bonds. The van der Waals surface area contributed by atoms with Gasteiger partial charge in [0.2, 0.25) is 0 Å². The van der Waals surface area contributed by atoms with Crippen molar-refractivity contribution in [2.45, 2.75) is 14.4 Å². The van der Waals surface area contributed by atoms with Crippen LogP contribution in [0.1, 0.15) is 14.4 Å². The smallest absolute Gasteiger partial charge is 0.131 e. The molecule has 7 heavy (non-hydrogen) atoms. The van der Waals surface area contributed by atoms with E-state index in [9.17, 15) is 4.39 Å². The van der Waals surface area contributed by atoms with E-state index in [2.05, 4.69) is 4.74 Å². The molecular weight excluding hydrogens is 95.1 g/mol. The van der Waals surface area contributed by atoms with Gasteiger partial charge in [-0.2, -0.15) is 0 Å². The van der Waals surface area contributed by atoms with E-state index in [0.717, 1.165) is 6.26 Å². The number of halogens is 1. The molecule has 0 aromatic heterocycles. The predicted octanol–water partition coefficient (Wildman–Crippen LogP) is 2.10. The fourth-order valence-electron chi connectivity index (χ4n) is 0.162. The van der Waals surface area contributed by atoms with Crippen LogP contribution in [0.5, 0.6) is 0 Å². The molecule has 0 aromatic carbocycles. The molecule has 2 heteroatoms. The number of methoxy groups -OCH3 is 1. The Morgan fingerprint density at radius 3 is 2.14 bits per heavy atom. The predicted molar refractivity (Wildman–Crippen MR) is 28.6 cm³/mol. The summed E-state index contributed by atoms with van der Waals surface area (Å²) in [5, 5.41) is 0. The molecule has 0 N–H and O–H groups in total. The summed E-state index contributed by atoms with van der Waals surface area (Å²) in [5.41, 5.74) is 0. The molecule has 1 nitrogen and oxygen atoms in total. The monoisotopic (exact) mass is 106 g/mol. The lowest BCUT2D eigenvalue weighted by Gasteiger charge is -1.81. The van der Waals surface area contributed by atoms with Gasteiger partial charge in [-0.15, -0.1) is 0 Å². The topological polar surface area (TPSA) is 9.23 Å². The van der Waals surface area contributed by atoms with Gasteiger partial charge in [0.05, 0.1) is 7.11 Å². The van der Waals surface area contributed by atoms with Crippen molar-refractivity contribution in [2.24, 2.45) is 0 Å². The van der Waals surface area contributed by atoms with Crippen molar-refractivity contribution in [3.05, 3.63) is 12.1 Å². The van der Waals surface area contributed by atoms with E-state index < -0.39 is 0 Å². The van der Waals surface area contributed by atoms with Crippen molar-refractivity contribution in [1.29, 1.82) is 0 Å². The molecule has 0 radical (unpaired) electrons. The summed E-state index contributed by atoms with van der Waals surface area (Å²) >= 11 is 0. The highest BCUT2D eigenvalue weighted by Gasteiger charge is 1.73. The third-order valence-corrected chi connectivity index (χ3v) is 0.280. The van der Waals surface area contributed by atoms with Crippen LogP contribution in [0.2, 0.25) is 0 Å². The van der Waals surface area contributed by atoms with E-state index in [4.69, 9.17) is 0 Å². The highest BCUT2D eigenvalue weighted by atomic mass is 19.1. The van der Waals surface area contributed by atoms with Crippen LogP contribution in [0.25, 0.3) is 0 Å². The van der Waals surface area contributed by atoms with Crippen molar-refractivity contribution in [3.63, 3.8) is 0 Å². The van der Waals surface area contributed by atoms with Crippen molar-refractivity contribution in [1.82, 2.24) is 0 Å². The summed E-state index contributed by atoms with van der Waals surface area (Å²) < 4.78 is 15.7. The summed E-state index contributed by atoms with van der Waals surface area (Å²) in [6, 6.07) is 0. The van der Waals surface area contributed by atoms with Gasteiger partial charge in [-0.05, 0) is 6.92 Å². The lowest BCUT2D eigenvalue weighted by molar-refractivity contribution is 0.323. The van der Waals surface area contributed by atoms with E-state index in [1.807, 2.05) is 0 Å². The second-order valence-corrected chi connectivity index (χ2v) is 0.940. The molecule has 0 aliphatic heterocycles. The zero-order valence-corrected chi connectivity index (χ0v) is 3.86. The molecule has 0 saturated heterocycles. The van der Waals surface area contributed by atoms with Crippen LogP contribution in [0.4, 0.5) is 4.39 Å². The average Bonchev–Trinajstić information content (AvgIpc) is 1.35. The normalized spacial score (nSPS) is 9.86. The molecule has 0 spiro atoms. The lowest BCUT2D eigenvalue weighted by atomic mass is 10.7. The quantitative estimate of drug-likeness (QED) is 0.465. The van der Waals surface area contributed by atoms with Crippen molar-refractivity contribution in [2.75, 3.05) is 7.11 Å². The molecule has 0 unspecified atom stereocenters. The first-order chi connectivity index (χ1) is 2.77. The largest absolute Gasteiger partial charge is 0.502 e. The van der Waals surface area contributed by atoms with Crippen molar-refractivity contribution >= 4 is 0 Å². The number of hydrogen-bond acceptors (Lipinski definition) is 1. The van der Waals surface area contributed by atoms with Crippen LogP contribution in [0, 0.1) is 0 Å². The van der Waals surface area contributed by atoms with E-state index in [-0.39, 0.29) is 13.3 Å². The van der Waals surface area contributed by atoms with Gasteiger partial charge < -0.3 is 4.74 Å². The molecular formula is C5H11FO. The van der Waals surface area contributed by atoms with E-state index in [1.165, 1.54) is 14.0 Å². The Morgan fingerprint density at radius 1 is 1.71 bits per heavy atom. The highest BCUT2D eigenvalue weighted by molar-refractivity contribution is 4.76. The van der Waals surface area contributed by atoms with Gasteiger partial charge in [0, 0.05) is 0 Å². The molecule has 0 aliphatic carbocycles. The first-order valence-electron chi connectivity index (χ1n) is 1.62. The van der Waals surface area contributed by atoms with Gasteiger partial charge >= 0.3 is 0 Å². The Morgan fingerprint density at radius 2 is 2.14 bits per heavy atom. The van der Waals surface area contributed by atoms with Crippen LogP contribution in [-0.2, 0) is 4.74 Å². The maximum atomic E-state index is 11.4. The SMILES string of the molecule is C.CO/C=C(\C)F. The summed E-state index contributed by atoms with van der Waals surface area (Å²) in [5.74, 6) is -0.308. The Balaban J connectivity index is 0. The standard InChI is InChI=1S/C4H7FO.CH4/c1-4(5)3-6-2;/h3H,1-2H3;1H4/b4-3+;. The minimum Gasteiger partial charge on any atom is -0.502 e. The maximum absolute atomic E-state index is 11.4. The second-order valence-electron chi connectivity index (χ2n) is 0.940. The van der Waals surface area contributed by atoms with E-state index in [1.54, 1.807) is 0 Å². The molecule has 0 heterocycles. The molecule has 0 aliphatic rings. The van der Waals surface area contributed by atoms with Gasteiger partial charge in [-0.25, -0.2) is 4.39 Å². The highest BCUT2D eigenvalue weighted by Crippen LogP contribution is 1.89. The summed E-state index contributed by atoms with van der Waals surface area (Å²) in [4.78, 5) is 0. The lowest BCUT2D eigenvalue weighted by Crippen LogP contribution is -1.64. The molecule has 0 saturated carbocycles. The fraction of sp³-hybridized carbons (Fsp3) is 0.600. The molecule has 0 aromatic rings. The van der Waals surface area contributed by atoms with E-state index >= 15 is 0 Å². The molecule has 0 bridgehead atoms. The van der Waals surface area contributed by atoms with Crippen molar-refractivity contribution < 1.29 is 9.13 Å². The summed E-state index contributed by atoms with van der Waals surface area (Å²) in [7, 11) is 1.41. The van der Waals surface area contributed by atoms with Gasteiger partial charge in [0.1, 0.15) is 12.1 Å². The van der Waals surface area contributed by atoms with E-state index in [0.29, 0.717) is 0 Å². The van der Waals surface area contributed by atoms with Gasteiger partial charge in [0.15, 0.2) is 0 Å². The minimum absolute atomic E-state index is 0. The van der Waals surface area contributed by atoms with Crippen LogP contribution >= 0.6 is 0 Å². The van der Waals surface area contributed by atoms with Crippen LogP contribution in [-0.4, -0.2) is 7.11 Å². The Bertz CT molecular complexity index is 55.1. The third-order valence-electron chi connectivity index (χ3n) is 0.280. The average molecular weight is 106 g/mol. The van der Waals surface area contributed by atoms with Gasteiger partial charge in [-0.1, -0.05) is 7.43 Å². The number of ether oxygens (including phenoxy) is 1. The molecule has 44 valence electrons. The molecule has 0 rings (SSSR count). The number of allylic oxidation sites excluding steroid dienone is 1. The van der Waals surface area contributed by atoms with Crippen LogP contribution < -0.4 is 0 Å². The fourth-order valence-corrected chi connectivity index (χ4v) is 0.162. The van der Waals surface area contributed by atoms with Gasteiger partial charge in [-0.3, -0.25) is 0 Å². The maximum Gasteiger partial charge on any atom is 0.131 e. The van der Waals surface area contributed by atoms with Gasteiger partial charge in [0.25, 0.3) is 0 Å². The summed E-state index contributed by atoms with van der Waals surface area (Å²) in [6.45, 7) is 1.32. The Labute approximate surface area is 43.8 Å². The Kier molecular flexibility index (Phi) is 7.57.